The second-order valence-electron chi connectivity index (χ2n) is 15.9. The van der Waals surface area contributed by atoms with Crippen LogP contribution in [-0.2, 0) is 11.8 Å². The molecule has 5 aromatic carbocycles. The van der Waals surface area contributed by atoms with E-state index in [9.17, 15) is 0 Å². The van der Waals surface area contributed by atoms with E-state index in [-0.39, 0.29) is 10.8 Å². The van der Waals surface area contributed by atoms with Crippen molar-refractivity contribution in [2.45, 2.75) is 45.4 Å². The van der Waals surface area contributed by atoms with Crippen LogP contribution >= 0.6 is 0 Å². The van der Waals surface area contributed by atoms with Crippen molar-refractivity contribution in [3.8, 4) is 5.69 Å². The van der Waals surface area contributed by atoms with Gasteiger partial charge in [-0.3, -0.25) is 0 Å². The van der Waals surface area contributed by atoms with Crippen LogP contribution in [0.4, 0.5) is 0 Å². The lowest BCUT2D eigenvalue weighted by atomic mass is 9.78. The summed E-state index contributed by atoms with van der Waals surface area (Å²) in [6, 6.07) is 46.4. The molecule has 3 aliphatic carbocycles. The first kappa shape index (κ1) is 33.6. The van der Waals surface area contributed by atoms with E-state index in [4.69, 9.17) is 12.4 Å². The molecule has 54 heavy (non-hydrogen) atoms. The summed E-state index contributed by atoms with van der Waals surface area (Å²) in [5, 5.41) is 8.15. The Hall–Kier alpha value is -6.19. The average Bonchev–Trinajstić information content (AvgIpc) is 3.81. The predicted octanol–water partition coefficient (Wildman–Crippen LogP) is 10.1. The van der Waals surface area contributed by atoms with E-state index in [1.165, 1.54) is 60.4 Å². The van der Waals surface area contributed by atoms with Gasteiger partial charge in [-0.25, -0.2) is 0 Å². The summed E-state index contributed by atoms with van der Waals surface area (Å²) in [5.41, 5.74) is 15.4. The number of aromatic nitrogens is 1. The van der Waals surface area contributed by atoms with Crippen molar-refractivity contribution in [3.63, 3.8) is 0 Å². The van der Waals surface area contributed by atoms with Crippen molar-refractivity contribution in [1.29, 1.82) is 0 Å². The van der Waals surface area contributed by atoms with Gasteiger partial charge in [-0.15, -0.1) is 0 Å². The van der Waals surface area contributed by atoms with Gasteiger partial charge in [-0.2, -0.15) is 5.10 Å². The number of allylic oxidation sites excluding steroid dienone is 6. The fourth-order valence-electron chi connectivity index (χ4n) is 9.11. The summed E-state index contributed by atoms with van der Waals surface area (Å²) >= 11 is 0. The number of nitrogens with two attached hydrogens (primary N) is 1. The van der Waals surface area contributed by atoms with E-state index in [1.54, 1.807) is 0 Å². The molecule has 0 saturated carbocycles. The Bertz CT molecular complexity index is 2730. The SMILES string of the molecule is C=C1Cc2ccccc2/C1=c1/c(=C2\CC(C)(C)c3ccccc32)n(-c2ccc(/C(=C\C(=N/N)C3(C)C=CC=CC3)c3ccccc3)cc2)c2ccccc12. The third-order valence-corrected chi connectivity index (χ3v) is 11.8. The van der Waals surface area contributed by atoms with Crippen LogP contribution in [-0.4, -0.2) is 10.3 Å². The number of benzene rings is 5. The van der Waals surface area contributed by atoms with E-state index >= 15 is 0 Å². The molecular formula is C51H45N3. The second kappa shape index (κ2) is 13.0. The normalized spacial score (nSPS) is 21.1. The van der Waals surface area contributed by atoms with Crippen LogP contribution in [0.2, 0.25) is 0 Å². The molecule has 0 spiro atoms. The Kier molecular flexibility index (Phi) is 8.12. The van der Waals surface area contributed by atoms with Crippen LogP contribution in [0.1, 0.15) is 67.0 Å². The number of rotatable bonds is 5. The van der Waals surface area contributed by atoms with Gasteiger partial charge in [0.15, 0.2) is 0 Å². The molecule has 1 aromatic heterocycles. The third kappa shape index (κ3) is 5.46. The van der Waals surface area contributed by atoms with Gasteiger partial charge < -0.3 is 10.4 Å². The minimum Gasteiger partial charge on any atom is -0.323 e. The topological polar surface area (TPSA) is 43.3 Å². The molecule has 6 aromatic rings. The number of hydrogen-bond donors (Lipinski definition) is 1. The number of fused-ring (bicyclic) bond motifs is 3. The highest BCUT2D eigenvalue weighted by atomic mass is 15.1. The molecule has 0 bridgehead atoms. The Morgan fingerprint density at radius 3 is 2.20 bits per heavy atom. The van der Waals surface area contributed by atoms with Crippen LogP contribution in [0.15, 0.2) is 175 Å². The zero-order chi connectivity index (χ0) is 37.0. The fraction of sp³-hybridized carbons (Fsp3) is 0.157. The minimum absolute atomic E-state index is 0.00117. The van der Waals surface area contributed by atoms with Crippen molar-refractivity contribution in [1.82, 2.24) is 4.57 Å². The first-order chi connectivity index (χ1) is 26.3. The highest BCUT2D eigenvalue weighted by Gasteiger charge is 2.35. The van der Waals surface area contributed by atoms with Crippen molar-refractivity contribution in [2.24, 2.45) is 16.4 Å². The molecule has 264 valence electrons. The van der Waals surface area contributed by atoms with Gasteiger partial charge in [0.05, 0.1) is 16.6 Å². The number of hydrogen-bond acceptors (Lipinski definition) is 2. The Morgan fingerprint density at radius 1 is 0.759 bits per heavy atom. The Balaban J connectivity index is 1.33. The summed E-state index contributed by atoms with van der Waals surface area (Å²) < 4.78 is 2.52. The smallest absolute Gasteiger partial charge is 0.0706 e. The summed E-state index contributed by atoms with van der Waals surface area (Å²) in [7, 11) is 0. The Labute approximate surface area is 318 Å². The van der Waals surface area contributed by atoms with Crippen molar-refractivity contribution in [3.05, 3.63) is 214 Å². The second-order valence-corrected chi connectivity index (χ2v) is 15.9. The van der Waals surface area contributed by atoms with Crippen LogP contribution in [0, 0.1) is 5.41 Å². The van der Waals surface area contributed by atoms with Crippen LogP contribution in [0.5, 0.6) is 0 Å². The molecule has 3 heteroatoms. The molecule has 0 fully saturated rings. The summed E-state index contributed by atoms with van der Waals surface area (Å²) in [5.74, 6) is 6.14. The highest BCUT2D eigenvalue weighted by molar-refractivity contribution is 6.08. The third-order valence-electron chi connectivity index (χ3n) is 11.8. The zero-order valence-corrected chi connectivity index (χ0v) is 31.3. The predicted molar refractivity (Wildman–Crippen MR) is 227 cm³/mol. The van der Waals surface area contributed by atoms with Crippen molar-refractivity contribution in [2.75, 3.05) is 0 Å². The molecular weight excluding hydrogens is 655 g/mol. The number of hydrazone groups is 1. The standard InChI is InChI=1S/C51H45N3/c1-34-31-37-19-9-10-20-39(37)47(34)48-41-22-12-14-24-45(41)54(49(48)43-33-50(2,3)44-23-13-11-21-40(43)44)38-27-25-36(26-28-38)42(35-17-7-5-8-18-35)32-46(53-52)51(4)29-15-6-16-30-51/h5-29,32H,1,30-31,33,52H2,2-4H3/b42-32-,48-47+,49-43-,53-46+. The fourth-order valence-corrected chi connectivity index (χ4v) is 9.11. The lowest BCUT2D eigenvalue weighted by molar-refractivity contribution is 0.562. The van der Waals surface area contributed by atoms with Gasteiger partial charge in [-0.1, -0.05) is 161 Å². The first-order valence-corrected chi connectivity index (χ1v) is 19.0. The maximum absolute atomic E-state index is 6.14. The van der Waals surface area contributed by atoms with E-state index < -0.39 is 0 Å². The van der Waals surface area contributed by atoms with Gasteiger partial charge in [-0.05, 0) is 105 Å². The molecule has 1 heterocycles. The Morgan fingerprint density at radius 2 is 1.44 bits per heavy atom. The van der Waals surface area contributed by atoms with E-state index in [2.05, 4.69) is 188 Å². The van der Waals surface area contributed by atoms with Crippen LogP contribution in [0.25, 0.3) is 33.3 Å². The summed E-state index contributed by atoms with van der Waals surface area (Å²) in [6.45, 7) is 11.7. The molecule has 0 radical (unpaired) electrons. The lowest BCUT2D eigenvalue weighted by Gasteiger charge is -2.27. The molecule has 3 nitrogen and oxygen atoms in total. The maximum Gasteiger partial charge on any atom is 0.0706 e. The van der Waals surface area contributed by atoms with Gasteiger partial charge in [0.2, 0.25) is 0 Å². The molecule has 0 saturated heterocycles. The quantitative estimate of drug-likeness (QED) is 0.109. The van der Waals surface area contributed by atoms with Gasteiger partial charge in [0.1, 0.15) is 0 Å². The highest BCUT2D eigenvalue weighted by Crippen LogP contribution is 2.44. The van der Waals surface area contributed by atoms with Gasteiger partial charge >= 0.3 is 0 Å². The molecule has 1 unspecified atom stereocenters. The van der Waals surface area contributed by atoms with Crippen LogP contribution < -0.4 is 16.4 Å². The van der Waals surface area contributed by atoms with E-state index in [0.717, 1.165) is 47.4 Å². The molecule has 9 rings (SSSR count). The maximum atomic E-state index is 6.14. The van der Waals surface area contributed by atoms with Crippen LogP contribution in [0.3, 0.4) is 0 Å². The monoisotopic (exact) mass is 699 g/mol. The first-order valence-electron chi connectivity index (χ1n) is 19.0. The minimum atomic E-state index is -0.290. The van der Waals surface area contributed by atoms with Crippen molar-refractivity contribution >= 4 is 33.3 Å². The van der Waals surface area contributed by atoms with Gasteiger partial charge in [0, 0.05) is 21.7 Å². The molecule has 0 amide bonds. The summed E-state index contributed by atoms with van der Waals surface area (Å²) in [4.78, 5) is 0. The summed E-state index contributed by atoms with van der Waals surface area (Å²) in [6.07, 6.45) is 13.4. The number of para-hydroxylation sites is 1. The lowest BCUT2D eigenvalue weighted by Crippen LogP contribution is -2.33. The molecule has 3 aliphatic rings. The largest absolute Gasteiger partial charge is 0.323 e. The molecule has 1 atom stereocenters. The van der Waals surface area contributed by atoms with Crippen molar-refractivity contribution < 1.29 is 0 Å². The molecule has 0 aliphatic heterocycles. The van der Waals surface area contributed by atoms with E-state index in [0.29, 0.717) is 0 Å². The van der Waals surface area contributed by atoms with E-state index in [1.807, 2.05) is 0 Å². The zero-order valence-electron chi connectivity index (χ0n) is 31.3. The van der Waals surface area contributed by atoms with Gasteiger partial charge in [0.25, 0.3) is 0 Å². The number of nitrogens with zero attached hydrogens (tertiary/aromatic N) is 2. The molecule has 2 N–H and O–H groups in total. The average molecular weight is 700 g/mol.